The third-order valence-electron chi connectivity index (χ3n) is 6.17. The number of fused-ring (bicyclic) bond motifs is 1. The van der Waals surface area contributed by atoms with Crippen LogP contribution in [0.25, 0.3) is 0 Å². The van der Waals surface area contributed by atoms with Gasteiger partial charge in [0.05, 0.1) is 17.4 Å². The van der Waals surface area contributed by atoms with Crippen LogP contribution < -0.4 is 9.47 Å². The second-order valence-electron chi connectivity index (χ2n) is 7.93. The van der Waals surface area contributed by atoms with E-state index in [0.29, 0.717) is 31.3 Å². The highest BCUT2D eigenvalue weighted by molar-refractivity contribution is 7.91. The number of nitrogens with zero attached hydrogens (tertiary/aromatic N) is 1. The van der Waals surface area contributed by atoms with E-state index < -0.39 is 9.84 Å². The maximum Gasteiger partial charge on any atom is 0.230 e. The molecule has 0 bridgehead atoms. The number of hydrogen-bond donors (Lipinski definition) is 0. The fourth-order valence-corrected chi connectivity index (χ4v) is 6.42. The van der Waals surface area contributed by atoms with Crippen molar-refractivity contribution in [1.29, 1.82) is 0 Å². The first-order valence-corrected chi connectivity index (χ1v) is 11.6. The van der Waals surface area contributed by atoms with Crippen LogP contribution >= 0.6 is 0 Å². The third kappa shape index (κ3) is 3.79. The topological polar surface area (TPSA) is 72.9 Å². The average Bonchev–Trinajstić information content (AvgIpc) is 3.31. The van der Waals surface area contributed by atoms with Crippen LogP contribution in [-0.4, -0.2) is 57.0 Å². The van der Waals surface area contributed by atoms with E-state index in [0.717, 1.165) is 37.0 Å². The molecule has 1 aromatic carbocycles. The van der Waals surface area contributed by atoms with Gasteiger partial charge in [0.25, 0.3) is 0 Å². The van der Waals surface area contributed by atoms with E-state index >= 15 is 0 Å². The molecule has 2 heterocycles. The molecular formula is C20H27NO5S. The van der Waals surface area contributed by atoms with Gasteiger partial charge in [-0.15, -0.1) is 0 Å². The first-order valence-electron chi connectivity index (χ1n) is 9.81. The number of carbonyl (C=O) groups is 1. The number of amides is 1. The molecule has 2 atom stereocenters. The summed E-state index contributed by atoms with van der Waals surface area (Å²) in [5.74, 6) is 1.73. The van der Waals surface area contributed by atoms with Crippen molar-refractivity contribution in [3.05, 3.63) is 23.8 Å². The molecule has 7 heteroatoms. The quantitative estimate of drug-likeness (QED) is 0.785. The van der Waals surface area contributed by atoms with Crippen LogP contribution in [0.2, 0.25) is 0 Å². The van der Waals surface area contributed by atoms with E-state index in [1.54, 1.807) is 11.9 Å². The molecule has 1 saturated carbocycles. The van der Waals surface area contributed by atoms with E-state index in [9.17, 15) is 13.2 Å². The molecular weight excluding hydrogens is 366 g/mol. The van der Waals surface area contributed by atoms with Crippen LogP contribution in [0.3, 0.4) is 0 Å². The standard InChI is InChI=1S/C20H27NO5S/c1-21(16-8-11-27(23,24)13-16)20(22)19(14-4-2-3-5-14)15-6-7-17-18(12-15)26-10-9-25-17/h6-7,12,14,16,19H,2-5,8-11,13H2,1H3. The van der Waals surface area contributed by atoms with Crippen LogP contribution in [0.5, 0.6) is 11.5 Å². The van der Waals surface area contributed by atoms with Crippen molar-refractivity contribution < 1.29 is 22.7 Å². The lowest BCUT2D eigenvalue weighted by molar-refractivity contribution is -0.134. The molecule has 0 aromatic heterocycles. The molecule has 1 aliphatic carbocycles. The summed E-state index contributed by atoms with van der Waals surface area (Å²) >= 11 is 0. The molecule has 1 amide bonds. The van der Waals surface area contributed by atoms with E-state index in [4.69, 9.17) is 9.47 Å². The molecule has 0 radical (unpaired) electrons. The Hall–Kier alpha value is -1.76. The van der Waals surface area contributed by atoms with E-state index in [1.165, 1.54) is 0 Å². The summed E-state index contributed by atoms with van der Waals surface area (Å²) in [5.41, 5.74) is 0.948. The molecule has 0 spiro atoms. The number of ether oxygens (including phenoxy) is 2. The van der Waals surface area contributed by atoms with Gasteiger partial charge in [0.1, 0.15) is 13.2 Å². The monoisotopic (exact) mass is 393 g/mol. The number of sulfone groups is 1. The summed E-state index contributed by atoms with van der Waals surface area (Å²) in [4.78, 5) is 15.1. The fourth-order valence-electron chi connectivity index (χ4n) is 4.64. The molecule has 3 aliphatic rings. The minimum Gasteiger partial charge on any atom is -0.486 e. The van der Waals surface area contributed by atoms with Gasteiger partial charge in [-0.1, -0.05) is 18.9 Å². The molecule has 0 N–H and O–H groups in total. The highest BCUT2D eigenvalue weighted by Gasteiger charge is 2.39. The Morgan fingerprint density at radius 2 is 1.81 bits per heavy atom. The zero-order valence-corrected chi connectivity index (χ0v) is 16.5. The van der Waals surface area contributed by atoms with Crippen molar-refractivity contribution >= 4 is 15.7 Å². The minimum atomic E-state index is -3.03. The maximum atomic E-state index is 13.5. The number of hydrogen-bond acceptors (Lipinski definition) is 5. The lowest BCUT2D eigenvalue weighted by Gasteiger charge is -2.32. The Balaban J connectivity index is 1.62. The second-order valence-corrected chi connectivity index (χ2v) is 10.2. The molecule has 2 fully saturated rings. The predicted octanol–water partition coefficient (Wildman–Crippen LogP) is 2.38. The van der Waals surface area contributed by atoms with Gasteiger partial charge >= 0.3 is 0 Å². The Kier molecular flexibility index (Phi) is 5.05. The van der Waals surface area contributed by atoms with Gasteiger partial charge in [-0.2, -0.15) is 0 Å². The van der Waals surface area contributed by atoms with Crippen molar-refractivity contribution in [3.63, 3.8) is 0 Å². The zero-order chi connectivity index (χ0) is 19.0. The van der Waals surface area contributed by atoms with E-state index in [-0.39, 0.29) is 29.4 Å². The van der Waals surface area contributed by atoms with Crippen molar-refractivity contribution in [1.82, 2.24) is 4.90 Å². The number of carbonyl (C=O) groups excluding carboxylic acids is 1. The van der Waals surface area contributed by atoms with Crippen molar-refractivity contribution in [3.8, 4) is 11.5 Å². The van der Waals surface area contributed by atoms with Gasteiger partial charge in [-0.3, -0.25) is 4.79 Å². The van der Waals surface area contributed by atoms with Gasteiger partial charge in [-0.25, -0.2) is 8.42 Å². The lowest BCUT2D eigenvalue weighted by atomic mass is 9.83. The summed E-state index contributed by atoms with van der Waals surface area (Å²) in [6.45, 7) is 1.05. The predicted molar refractivity (Wildman–Crippen MR) is 102 cm³/mol. The Morgan fingerprint density at radius 1 is 1.11 bits per heavy atom. The van der Waals surface area contributed by atoms with Crippen LogP contribution in [0.15, 0.2) is 18.2 Å². The summed E-state index contributed by atoms with van der Waals surface area (Å²) in [5, 5.41) is 0. The first-order chi connectivity index (χ1) is 12.9. The molecule has 6 nitrogen and oxygen atoms in total. The smallest absolute Gasteiger partial charge is 0.230 e. The maximum absolute atomic E-state index is 13.5. The van der Waals surface area contributed by atoms with Crippen molar-refractivity contribution in [2.75, 3.05) is 31.8 Å². The second kappa shape index (κ2) is 7.34. The highest BCUT2D eigenvalue weighted by Crippen LogP contribution is 2.42. The Labute approximate surface area is 160 Å². The van der Waals surface area contributed by atoms with Crippen LogP contribution in [0.4, 0.5) is 0 Å². The molecule has 2 aliphatic heterocycles. The van der Waals surface area contributed by atoms with E-state index in [1.807, 2.05) is 18.2 Å². The normalized spacial score (nSPS) is 25.3. The molecule has 148 valence electrons. The summed E-state index contributed by atoms with van der Waals surface area (Å²) < 4.78 is 35.0. The third-order valence-corrected chi connectivity index (χ3v) is 7.92. The molecule has 2 unspecified atom stereocenters. The van der Waals surface area contributed by atoms with Crippen LogP contribution in [-0.2, 0) is 14.6 Å². The zero-order valence-electron chi connectivity index (χ0n) is 15.7. The highest BCUT2D eigenvalue weighted by atomic mass is 32.2. The van der Waals surface area contributed by atoms with Gasteiger partial charge in [0, 0.05) is 13.1 Å². The average molecular weight is 394 g/mol. The summed E-state index contributed by atoms with van der Waals surface area (Å²) in [6.07, 6.45) is 4.87. The molecule has 1 aromatic rings. The van der Waals surface area contributed by atoms with Gasteiger partial charge in [0.2, 0.25) is 5.91 Å². The van der Waals surface area contributed by atoms with Gasteiger partial charge in [0.15, 0.2) is 21.3 Å². The van der Waals surface area contributed by atoms with Crippen LogP contribution in [0.1, 0.15) is 43.6 Å². The summed E-state index contributed by atoms with van der Waals surface area (Å²) in [6, 6.07) is 5.57. The van der Waals surface area contributed by atoms with E-state index in [2.05, 4.69) is 0 Å². The van der Waals surface area contributed by atoms with Crippen LogP contribution in [0, 0.1) is 5.92 Å². The van der Waals surface area contributed by atoms with Crippen molar-refractivity contribution in [2.24, 2.45) is 5.92 Å². The first kappa shape index (κ1) is 18.6. The molecule has 4 rings (SSSR count). The molecule has 27 heavy (non-hydrogen) atoms. The van der Waals surface area contributed by atoms with Gasteiger partial charge < -0.3 is 14.4 Å². The Bertz CT molecular complexity index is 816. The van der Waals surface area contributed by atoms with Crippen molar-refractivity contribution in [2.45, 2.75) is 44.1 Å². The number of likely N-dealkylation sites (N-methyl/N-ethyl adjacent to an activating group) is 1. The molecule has 1 saturated heterocycles. The minimum absolute atomic E-state index is 0.0284. The number of rotatable bonds is 4. The Morgan fingerprint density at radius 3 is 2.48 bits per heavy atom. The number of benzene rings is 1. The summed E-state index contributed by atoms with van der Waals surface area (Å²) in [7, 11) is -1.27. The lowest BCUT2D eigenvalue weighted by Crippen LogP contribution is -2.42. The fraction of sp³-hybridized carbons (Fsp3) is 0.650. The SMILES string of the molecule is CN(C(=O)C(c1ccc2c(c1)OCCO2)C1CCCC1)C1CCS(=O)(=O)C1. The largest absolute Gasteiger partial charge is 0.486 e. The van der Waals surface area contributed by atoms with Gasteiger partial charge in [-0.05, 0) is 42.9 Å².